The van der Waals surface area contributed by atoms with Crippen LogP contribution in [0.5, 0.6) is 0 Å². The van der Waals surface area contributed by atoms with Crippen molar-refractivity contribution in [1.82, 2.24) is 14.5 Å². The van der Waals surface area contributed by atoms with Gasteiger partial charge in [-0.15, -0.1) is 0 Å². The van der Waals surface area contributed by atoms with E-state index < -0.39 is 11.6 Å². The zero-order valence-corrected chi connectivity index (χ0v) is 15.5. The number of carbonyl (C=O) groups is 2. The molecule has 0 bridgehead atoms. The summed E-state index contributed by atoms with van der Waals surface area (Å²) in [6.07, 6.45) is 1.79. The summed E-state index contributed by atoms with van der Waals surface area (Å²) in [5, 5.41) is 10.3. The number of aromatic nitrogens is 3. The lowest BCUT2D eigenvalue weighted by atomic mass is 10.1. The van der Waals surface area contributed by atoms with Gasteiger partial charge in [0.2, 0.25) is 0 Å². The molecule has 2 aromatic heterocycles. The lowest BCUT2D eigenvalue weighted by molar-refractivity contribution is -0.155. The average Bonchev–Trinajstić information content (AvgIpc) is 2.86. The third-order valence-electron chi connectivity index (χ3n) is 4.07. The number of hydrogen-bond acceptors (Lipinski definition) is 6. The van der Waals surface area contributed by atoms with Crippen molar-refractivity contribution >= 4 is 39.7 Å². The highest BCUT2D eigenvalue weighted by molar-refractivity contribution is 6.11. The summed E-state index contributed by atoms with van der Waals surface area (Å²) in [6, 6.07) is 5.57. The van der Waals surface area contributed by atoms with Crippen molar-refractivity contribution in [2.75, 3.05) is 5.73 Å². The van der Waals surface area contributed by atoms with Crippen molar-refractivity contribution in [2.45, 2.75) is 45.8 Å². The lowest BCUT2D eigenvalue weighted by Crippen LogP contribution is -2.26. The molecule has 142 valence electrons. The number of rotatable bonds is 5. The minimum Gasteiger partial charge on any atom is -0.481 e. The van der Waals surface area contributed by atoms with E-state index >= 15 is 0 Å². The number of fused-ring (bicyclic) bond motifs is 3. The SMILES string of the molecule is CC(C)(C)OC(=O)Cn1c2ccc(CCC(=O)O)cc2c2c(N)ncnc21. The third-order valence-corrected chi connectivity index (χ3v) is 4.07. The fraction of sp³-hybridized carbons (Fsp3) is 0.368. The second-order valence-electron chi connectivity index (χ2n) is 7.38. The molecule has 0 aliphatic heterocycles. The van der Waals surface area contributed by atoms with Crippen LogP contribution in [0.1, 0.15) is 32.8 Å². The molecule has 0 unspecified atom stereocenters. The predicted octanol–water partition coefficient (Wildman–Crippen LogP) is 2.53. The zero-order chi connectivity index (χ0) is 19.8. The van der Waals surface area contributed by atoms with E-state index in [2.05, 4.69) is 9.97 Å². The van der Waals surface area contributed by atoms with Crippen LogP contribution in [0.4, 0.5) is 5.82 Å². The smallest absolute Gasteiger partial charge is 0.326 e. The van der Waals surface area contributed by atoms with Crippen LogP contribution >= 0.6 is 0 Å². The molecule has 0 aliphatic rings. The molecular weight excluding hydrogens is 348 g/mol. The summed E-state index contributed by atoms with van der Waals surface area (Å²) in [5.74, 6) is -0.929. The maximum atomic E-state index is 12.4. The Morgan fingerprint density at radius 1 is 1.26 bits per heavy atom. The van der Waals surface area contributed by atoms with E-state index in [0.29, 0.717) is 23.3 Å². The Morgan fingerprint density at radius 2 is 2.00 bits per heavy atom. The highest BCUT2D eigenvalue weighted by Crippen LogP contribution is 2.31. The number of carboxylic acids is 1. The second kappa shape index (κ2) is 6.86. The van der Waals surface area contributed by atoms with Crippen LogP contribution in [0.15, 0.2) is 24.5 Å². The first-order valence-electron chi connectivity index (χ1n) is 8.60. The molecule has 0 spiro atoms. The number of hydrogen-bond donors (Lipinski definition) is 2. The second-order valence-corrected chi connectivity index (χ2v) is 7.38. The quantitative estimate of drug-likeness (QED) is 0.662. The minimum absolute atomic E-state index is 0.0117. The zero-order valence-electron chi connectivity index (χ0n) is 15.5. The first-order chi connectivity index (χ1) is 12.7. The number of nitrogens with zero attached hydrogens (tertiary/aromatic N) is 3. The third kappa shape index (κ3) is 3.99. The molecule has 2 heterocycles. The van der Waals surface area contributed by atoms with Gasteiger partial charge in [-0.25, -0.2) is 9.97 Å². The van der Waals surface area contributed by atoms with Crippen molar-refractivity contribution in [1.29, 1.82) is 0 Å². The molecule has 3 aromatic rings. The van der Waals surface area contributed by atoms with Crippen LogP contribution in [-0.2, 0) is 27.3 Å². The Morgan fingerprint density at radius 3 is 2.67 bits per heavy atom. The Kier molecular flexibility index (Phi) is 4.73. The molecule has 0 saturated carbocycles. The number of nitrogens with two attached hydrogens (primary N) is 1. The molecule has 0 amide bonds. The molecule has 3 N–H and O–H groups in total. The Bertz CT molecular complexity index is 1030. The van der Waals surface area contributed by atoms with Gasteiger partial charge in [0.1, 0.15) is 29.9 Å². The number of carbonyl (C=O) groups excluding carboxylic acids is 1. The first-order valence-corrected chi connectivity index (χ1v) is 8.60. The van der Waals surface area contributed by atoms with Gasteiger partial charge in [-0.2, -0.15) is 0 Å². The van der Waals surface area contributed by atoms with Gasteiger partial charge < -0.3 is 20.1 Å². The molecule has 0 aliphatic carbocycles. The standard InChI is InChI=1S/C19H22N4O4/c1-19(2,3)27-15(26)9-23-13-6-4-11(5-7-14(24)25)8-12(13)16-17(20)21-10-22-18(16)23/h4,6,8,10H,5,7,9H2,1-3H3,(H,24,25)(H2,20,21,22). The van der Waals surface area contributed by atoms with Crippen molar-refractivity contribution in [2.24, 2.45) is 0 Å². The molecule has 0 saturated heterocycles. The Labute approximate surface area is 156 Å². The topological polar surface area (TPSA) is 120 Å². The molecule has 0 fully saturated rings. The van der Waals surface area contributed by atoms with Crippen LogP contribution in [0.2, 0.25) is 0 Å². The van der Waals surface area contributed by atoms with Crippen molar-refractivity contribution in [3.8, 4) is 0 Å². The number of anilines is 1. The largest absolute Gasteiger partial charge is 0.481 e. The van der Waals surface area contributed by atoms with E-state index in [1.54, 1.807) is 4.57 Å². The summed E-state index contributed by atoms with van der Waals surface area (Å²) >= 11 is 0. The van der Waals surface area contributed by atoms with Crippen molar-refractivity contribution in [3.63, 3.8) is 0 Å². The van der Waals surface area contributed by atoms with Gasteiger partial charge in [-0.05, 0) is 44.9 Å². The predicted molar refractivity (Wildman–Crippen MR) is 101 cm³/mol. The summed E-state index contributed by atoms with van der Waals surface area (Å²) in [7, 11) is 0. The summed E-state index contributed by atoms with van der Waals surface area (Å²) in [6.45, 7) is 5.42. The van der Waals surface area contributed by atoms with Crippen LogP contribution in [0.3, 0.4) is 0 Å². The fourth-order valence-electron chi connectivity index (χ4n) is 3.06. The first kappa shape index (κ1) is 18.6. The number of nitrogen functional groups attached to an aromatic ring is 1. The number of carboxylic acid groups (broad SMARTS) is 1. The van der Waals surface area contributed by atoms with Crippen LogP contribution < -0.4 is 5.73 Å². The van der Waals surface area contributed by atoms with E-state index in [9.17, 15) is 9.59 Å². The molecule has 1 aromatic carbocycles. The number of aryl methyl sites for hydroxylation is 1. The fourth-order valence-corrected chi connectivity index (χ4v) is 3.06. The monoisotopic (exact) mass is 370 g/mol. The number of benzene rings is 1. The van der Waals surface area contributed by atoms with Gasteiger partial charge in [0.15, 0.2) is 0 Å². The molecular formula is C19H22N4O4. The van der Waals surface area contributed by atoms with Crippen LogP contribution in [0, 0.1) is 0 Å². The van der Waals surface area contributed by atoms with E-state index in [-0.39, 0.29) is 18.9 Å². The van der Waals surface area contributed by atoms with Gasteiger partial charge in [-0.3, -0.25) is 9.59 Å². The summed E-state index contributed by atoms with van der Waals surface area (Å²) < 4.78 is 7.18. The van der Waals surface area contributed by atoms with Gasteiger partial charge >= 0.3 is 11.9 Å². The number of esters is 1. The van der Waals surface area contributed by atoms with Crippen molar-refractivity contribution < 1.29 is 19.4 Å². The minimum atomic E-state index is -0.856. The summed E-state index contributed by atoms with van der Waals surface area (Å²) in [5.41, 5.74) is 7.65. The molecule has 27 heavy (non-hydrogen) atoms. The molecule has 0 radical (unpaired) electrons. The van der Waals surface area contributed by atoms with Gasteiger partial charge in [-0.1, -0.05) is 6.07 Å². The highest BCUT2D eigenvalue weighted by atomic mass is 16.6. The van der Waals surface area contributed by atoms with E-state index in [0.717, 1.165) is 16.5 Å². The van der Waals surface area contributed by atoms with Gasteiger partial charge in [0, 0.05) is 11.8 Å². The Hall–Kier alpha value is -3.16. The molecule has 3 rings (SSSR count). The van der Waals surface area contributed by atoms with Gasteiger partial charge in [0.05, 0.1) is 10.9 Å². The van der Waals surface area contributed by atoms with Crippen LogP contribution in [0.25, 0.3) is 21.9 Å². The molecule has 8 nitrogen and oxygen atoms in total. The van der Waals surface area contributed by atoms with Gasteiger partial charge in [0.25, 0.3) is 0 Å². The molecule has 8 heteroatoms. The maximum absolute atomic E-state index is 12.4. The number of ether oxygens (including phenoxy) is 1. The number of aliphatic carboxylic acids is 1. The van der Waals surface area contributed by atoms with E-state index in [4.69, 9.17) is 15.6 Å². The Balaban J connectivity index is 2.10. The molecule has 0 atom stereocenters. The lowest BCUT2D eigenvalue weighted by Gasteiger charge is -2.20. The van der Waals surface area contributed by atoms with Crippen molar-refractivity contribution in [3.05, 3.63) is 30.1 Å². The highest BCUT2D eigenvalue weighted by Gasteiger charge is 2.21. The van der Waals surface area contributed by atoms with Crippen LogP contribution in [-0.4, -0.2) is 37.2 Å². The van der Waals surface area contributed by atoms with E-state index in [1.807, 2.05) is 39.0 Å². The van der Waals surface area contributed by atoms with E-state index in [1.165, 1.54) is 6.33 Å². The normalized spacial score (nSPS) is 11.8. The maximum Gasteiger partial charge on any atom is 0.326 e. The summed E-state index contributed by atoms with van der Waals surface area (Å²) in [4.78, 5) is 31.6. The average molecular weight is 370 g/mol.